The van der Waals surface area contributed by atoms with Crippen molar-refractivity contribution in [3.63, 3.8) is 0 Å². The van der Waals surface area contributed by atoms with Crippen LogP contribution in [-0.2, 0) is 17.8 Å². The van der Waals surface area contributed by atoms with Crippen LogP contribution in [0.3, 0.4) is 0 Å². The number of anilines is 2. The minimum absolute atomic E-state index is 0.0139. The Morgan fingerprint density at radius 3 is 2.48 bits per heavy atom. The lowest BCUT2D eigenvalue weighted by molar-refractivity contribution is 0.100. The molecule has 3 aromatic carbocycles. The molecular weight excluding hydrogens is 540 g/mol. The summed E-state index contributed by atoms with van der Waals surface area (Å²) < 4.78 is 38.4. The van der Waals surface area contributed by atoms with Gasteiger partial charge in [0.15, 0.2) is 5.82 Å². The summed E-state index contributed by atoms with van der Waals surface area (Å²) in [6.45, 7) is 8.64. The van der Waals surface area contributed by atoms with E-state index in [1.807, 2.05) is 12.1 Å². The number of H-pyrrole nitrogens is 1. The smallest absolute Gasteiger partial charge is 0.257 e. The molecule has 0 saturated carbocycles. The van der Waals surface area contributed by atoms with Gasteiger partial charge < -0.3 is 24.6 Å². The van der Waals surface area contributed by atoms with Crippen LogP contribution >= 0.6 is 0 Å². The highest BCUT2D eigenvalue weighted by atomic mass is 19.1. The maximum Gasteiger partial charge on any atom is 0.257 e. The molecule has 8 nitrogen and oxygen atoms in total. The summed E-state index contributed by atoms with van der Waals surface area (Å²) in [5.41, 5.74) is 3.53. The summed E-state index contributed by atoms with van der Waals surface area (Å²) in [5.74, 6) is -0.751. The molecule has 1 fully saturated rings. The van der Waals surface area contributed by atoms with Gasteiger partial charge in [0.2, 0.25) is 0 Å². The van der Waals surface area contributed by atoms with Crippen LogP contribution in [0.1, 0.15) is 35.3 Å². The Kier molecular flexibility index (Phi) is 8.74. The number of halogens is 2. The molecule has 0 atom stereocenters. The summed E-state index contributed by atoms with van der Waals surface area (Å²) in [6, 6.07) is 14.6. The van der Waals surface area contributed by atoms with E-state index in [4.69, 9.17) is 9.47 Å². The van der Waals surface area contributed by atoms with Crippen molar-refractivity contribution in [1.82, 2.24) is 15.1 Å². The number of nitrogens with one attached hydrogen (secondary N) is 2. The quantitative estimate of drug-likeness (QED) is 0.254. The van der Waals surface area contributed by atoms with E-state index in [1.165, 1.54) is 12.1 Å². The van der Waals surface area contributed by atoms with E-state index in [9.17, 15) is 13.6 Å². The molecule has 4 aromatic rings. The zero-order valence-corrected chi connectivity index (χ0v) is 24.5. The molecule has 2 N–H and O–H groups in total. The molecule has 1 aliphatic rings. The van der Waals surface area contributed by atoms with E-state index in [2.05, 4.69) is 52.3 Å². The maximum absolute atomic E-state index is 13.7. The van der Waals surface area contributed by atoms with Crippen LogP contribution in [0, 0.1) is 17.0 Å². The molecule has 0 aliphatic carbocycles. The lowest BCUT2D eigenvalue weighted by atomic mass is 9.84. The number of likely N-dealkylation sites (N-methyl/N-ethyl adjacent to an activating group) is 1. The predicted octanol–water partition coefficient (Wildman–Crippen LogP) is 5.64. The van der Waals surface area contributed by atoms with Gasteiger partial charge in [0.1, 0.15) is 24.0 Å². The van der Waals surface area contributed by atoms with Crippen LogP contribution in [0.25, 0.3) is 10.9 Å². The molecule has 0 unspecified atom stereocenters. The molecule has 42 heavy (non-hydrogen) atoms. The number of nitrogens with zero attached hydrogens (tertiary/aromatic N) is 3. The minimum Gasteiger partial charge on any atom is -0.489 e. The summed E-state index contributed by atoms with van der Waals surface area (Å²) in [6.07, 6.45) is 0.658. The summed E-state index contributed by atoms with van der Waals surface area (Å²) in [7, 11) is 3.82. The zero-order valence-electron chi connectivity index (χ0n) is 24.5. The van der Waals surface area contributed by atoms with Gasteiger partial charge in [-0.1, -0.05) is 13.8 Å². The van der Waals surface area contributed by atoms with Crippen molar-refractivity contribution in [2.24, 2.45) is 5.41 Å². The third-order valence-corrected chi connectivity index (χ3v) is 7.50. The topological polar surface area (TPSA) is 82.7 Å². The molecule has 5 rings (SSSR count). The van der Waals surface area contributed by atoms with Gasteiger partial charge in [-0.2, -0.15) is 5.10 Å². The highest BCUT2D eigenvalue weighted by molar-refractivity contribution is 6.09. The van der Waals surface area contributed by atoms with Gasteiger partial charge in [-0.3, -0.25) is 9.89 Å². The third kappa shape index (κ3) is 7.06. The van der Waals surface area contributed by atoms with Crippen LogP contribution < -0.4 is 15.0 Å². The first-order valence-electron chi connectivity index (χ1n) is 14.0. The van der Waals surface area contributed by atoms with Crippen molar-refractivity contribution in [2.75, 3.05) is 57.2 Å². The van der Waals surface area contributed by atoms with E-state index >= 15 is 0 Å². The third-order valence-electron chi connectivity index (χ3n) is 7.50. The number of hydrogen-bond donors (Lipinski definition) is 2. The fourth-order valence-corrected chi connectivity index (χ4v) is 5.38. The molecule has 2 heterocycles. The van der Waals surface area contributed by atoms with E-state index in [1.54, 1.807) is 25.3 Å². The monoisotopic (exact) mass is 577 g/mol. The van der Waals surface area contributed by atoms with Crippen molar-refractivity contribution >= 4 is 28.3 Å². The van der Waals surface area contributed by atoms with Crippen LogP contribution in [0.4, 0.5) is 20.3 Å². The fraction of sp³-hybridized carbons (Fsp3) is 0.375. The second kappa shape index (κ2) is 12.5. The Balaban J connectivity index is 1.38. The standard InChI is InChI=1S/C32H37F2N5O3/c1-32(2,20-41-4)18-22-15-25(39-11-9-38(3)10-12-39)5-7-27(22)31(40)35-30-28-17-26(6-8-29(28)36-37-30)42-19-21-13-23(33)16-24(34)14-21/h5-8,13-17H,9-12,18-20H2,1-4H3,(H2,35,36,37,40). The highest BCUT2D eigenvalue weighted by Crippen LogP contribution is 2.30. The summed E-state index contributed by atoms with van der Waals surface area (Å²) in [5, 5.41) is 10.9. The second-order valence-corrected chi connectivity index (χ2v) is 11.7. The second-order valence-electron chi connectivity index (χ2n) is 11.7. The van der Waals surface area contributed by atoms with Gasteiger partial charge in [0.05, 0.1) is 12.1 Å². The Bertz CT molecular complexity index is 1540. The predicted molar refractivity (Wildman–Crippen MR) is 160 cm³/mol. The molecule has 0 radical (unpaired) electrons. The number of benzene rings is 3. The molecule has 1 aromatic heterocycles. The molecule has 1 aliphatic heterocycles. The van der Waals surface area contributed by atoms with Crippen LogP contribution in [-0.4, -0.2) is 67.9 Å². The van der Waals surface area contributed by atoms with E-state index in [-0.39, 0.29) is 17.9 Å². The Morgan fingerprint density at radius 1 is 1.02 bits per heavy atom. The van der Waals surface area contributed by atoms with Gasteiger partial charge in [0.25, 0.3) is 5.91 Å². The molecule has 1 amide bonds. The number of rotatable bonds is 10. The van der Waals surface area contributed by atoms with Crippen molar-refractivity contribution < 1.29 is 23.0 Å². The lowest BCUT2D eigenvalue weighted by Crippen LogP contribution is -2.44. The summed E-state index contributed by atoms with van der Waals surface area (Å²) in [4.78, 5) is 18.4. The van der Waals surface area contributed by atoms with Crippen molar-refractivity contribution in [3.8, 4) is 5.75 Å². The number of fused-ring (bicyclic) bond motifs is 1. The van der Waals surface area contributed by atoms with Crippen LogP contribution in [0.5, 0.6) is 5.75 Å². The average Bonchev–Trinajstić information content (AvgIpc) is 3.33. The largest absolute Gasteiger partial charge is 0.489 e. The summed E-state index contributed by atoms with van der Waals surface area (Å²) >= 11 is 0. The normalized spacial score (nSPS) is 14.4. The first-order valence-corrected chi connectivity index (χ1v) is 14.0. The van der Waals surface area contributed by atoms with Crippen LogP contribution in [0.15, 0.2) is 54.6 Å². The Morgan fingerprint density at radius 2 is 1.76 bits per heavy atom. The highest BCUT2D eigenvalue weighted by Gasteiger charge is 2.25. The average molecular weight is 578 g/mol. The Hall–Kier alpha value is -4.02. The van der Waals surface area contributed by atoms with Crippen LogP contribution in [0.2, 0.25) is 0 Å². The van der Waals surface area contributed by atoms with Gasteiger partial charge in [-0.25, -0.2) is 8.78 Å². The van der Waals surface area contributed by atoms with E-state index in [0.29, 0.717) is 46.6 Å². The van der Waals surface area contributed by atoms with Gasteiger partial charge in [-0.15, -0.1) is 0 Å². The number of carbonyl (C=O) groups is 1. The zero-order chi connectivity index (χ0) is 29.9. The first kappa shape index (κ1) is 29.5. The SMILES string of the molecule is COCC(C)(C)Cc1cc(N2CCN(C)CC2)ccc1C(=O)Nc1n[nH]c2ccc(OCc3cc(F)cc(F)c3)cc12. The minimum atomic E-state index is -0.662. The Labute approximate surface area is 244 Å². The van der Waals surface area contributed by atoms with Gasteiger partial charge in [0, 0.05) is 56.0 Å². The first-order chi connectivity index (χ1) is 20.1. The number of aromatic nitrogens is 2. The van der Waals surface area contributed by atoms with Gasteiger partial charge >= 0.3 is 0 Å². The van der Waals surface area contributed by atoms with E-state index in [0.717, 1.165) is 43.5 Å². The van der Waals surface area contributed by atoms with E-state index < -0.39 is 11.6 Å². The van der Waals surface area contributed by atoms with Crippen molar-refractivity contribution in [3.05, 3.63) is 82.9 Å². The maximum atomic E-state index is 13.7. The molecule has 1 saturated heterocycles. The number of amides is 1. The molecule has 222 valence electrons. The number of aromatic amines is 1. The molecule has 0 spiro atoms. The molecule has 0 bridgehead atoms. The number of ether oxygens (including phenoxy) is 2. The molecular formula is C32H37F2N5O3. The fourth-order valence-electron chi connectivity index (χ4n) is 5.38. The number of carbonyl (C=O) groups excluding carboxylic acids is 1. The van der Waals surface area contributed by atoms with Gasteiger partial charge in [-0.05, 0) is 78.5 Å². The van der Waals surface area contributed by atoms with Crippen molar-refractivity contribution in [1.29, 1.82) is 0 Å². The number of methoxy groups -OCH3 is 1. The number of piperazine rings is 1. The molecule has 10 heteroatoms. The lowest BCUT2D eigenvalue weighted by Gasteiger charge is -2.34. The number of hydrogen-bond acceptors (Lipinski definition) is 6. The van der Waals surface area contributed by atoms with Crippen molar-refractivity contribution in [2.45, 2.75) is 26.9 Å².